The van der Waals surface area contributed by atoms with Gasteiger partial charge in [0, 0.05) is 6.42 Å². The molecule has 0 bridgehead atoms. The molecule has 3 rings (SSSR count). The maximum Gasteiger partial charge on any atom is 0.318 e. The summed E-state index contributed by atoms with van der Waals surface area (Å²) in [4.78, 5) is 12.5. The highest BCUT2D eigenvalue weighted by Gasteiger charge is 2.47. The third-order valence-electron chi connectivity index (χ3n) is 4.50. The van der Waals surface area contributed by atoms with E-state index in [-0.39, 0.29) is 6.10 Å². The van der Waals surface area contributed by atoms with Gasteiger partial charge in [-0.3, -0.25) is 4.79 Å². The van der Waals surface area contributed by atoms with E-state index in [4.69, 9.17) is 9.47 Å². The number of carboxylic acid groups (broad SMARTS) is 1. The summed E-state index contributed by atoms with van der Waals surface area (Å²) in [5.41, 5.74) is 0.325. The fourth-order valence-electron chi connectivity index (χ4n) is 3.39. The minimum absolute atomic E-state index is 0.281. The van der Waals surface area contributed by atoms with E-state index in [1.54, 1.807) is 0 Å². The van der Waals surface area contributed by atoms with E-state index in [2.05, 4.69) is 0 Å². The Labute approximate surface area is 142 Å². The van der Waals surface area contributed by atoms with Gasteiger partial charge in [0.2, 0.25) is 0 Å². The molecule has 24 heavy (non-hydrogen) atoms. The van der Waals surface area contributed by atoms with Gasteiger partial charge in [0.05, 0.1) is 12.7 Å². The van der Waals surface area contributed by atoms with Crippen LogP contribution < -0.4 is 0 Å². The molecule has 1 saturated heterocycles. The Bertz CT molecular complexity index is 655. The Balaban J connectivity index is 2.08. The molecule has 1 heterocycles. The van der Waals surface area contributed by atoms with Crippen LogP contribution in [-0.2, 0) is 19.7 Å². The van der Waals surface area contributed by atoms with Crippen LogP contribution in [0.3, 0.4) is 0 Å². The summed E-state index contributed by atoms with van der Waals surface area (Å²) in [5, 5.41) is 10.2. The number of hydrogen-bond acceptors (Lipinski definition) is 3. The van der Waals surface area contributed by atoms with Gasteiger partial charge in [-0.1, -0.05) is 60.7 Å². The predicted molar refractivity (Wildman–Crippen MR) is 90.8 cm³/mol. The fraction of sp³-hybridized carbons (Fsp3) is 0.350. The normalized spacial score (nSPS) is 20.0. The lowest BCUT2D eigenvalue weighted by Crippen LogP contribution is -2.41. The number of ether oxygens (including phenoxy) is 2. The molecule has 0 radical (unpaired) electrons. The monoisotopic (exact) mass is 326 g/mol. The Kier molecular flexibility index (Phi) is 4.43. The van der Waals surface area contributed by atoms with Crippen molar-refractivity contribution in [3.05, 3.63) is 71.8 Å². The quantitative estimate of drug-likeness (QED) is 0.912. The van der Waals surface area contributed by atoms with Gasteiger partial charge in [0.1, 0.15) is 5.41 Å². The summed E-state index contributed by atoms with van der Waals surface area (Å²) >= 11 is 0. The zero-order valence-corrected chi connectivity index (χ0v) is 13.9. The molecule has 0 saturated carbocycles. The van der Waals surface area contributed by atoms with E-state index in [0.717, 1.165) is 11.1 Å². The van der Waals surface area contributed by atoms with Crippen molar-refractivity contribution in [2.75, 3.05) is 6.61 Å². The van der Waals surface area contributed by atoms with Crippen molar-refractivity contribution in [3.63, 3.8) is 0 Å². The molecule has 1 aliphatic heterocycles. The number of benzene rings is 2. The third kappa shape index (κ3) is 3.07. The molecule has 1 aliphatic rings. The Morgan fingerprint density at radius 3 is 1.96 bits per heavy atom. The zero-order chi connectivity index (χ0) is 17.2. The van der Waals surface area contributed by atoms with E-state index in [0.29, 0.717) is 13.0 Å². The van der Waals surface area contributed by atoms with Crippen LogP contribution in [0.25, 0.3) is 0 Å². The molecule has 0 aliphatic carbocycles. The summed E-state index contributed by atoms with van der Waals surface area (Å²) in [7, 11) is 0. The third-order valence-corrected chi connectivity index (χ3v) is 4.50. The number of carboxylic acids is 1. The Morgan fingerprint density at radius 2 is 1.58 bits per heavy atom. The molecule has 4 nitrogen and oxygen atoms in total. The summed E-state index contributed by atoms with van der Waals surface area (Å²) in [5.74, 6) is -1.56. The molecule has 0 spiro atoms. The average Bonchev–Trinajstić information content (AvgIpc) is 2.92. The van der Waals surface area contributed by atoms with E-state index in [9.17, 15) is 9.90 Å². The summed E-state index contributed by atoms with van der Waals surface area (Å²) in [6.45, 7) is 4.09. The van der Waals surface area contributed by atoms with Crippen molar-refractivity contribution in [1.82, 2.24) is 0 Å². The Hall–Kier alpha value is -2.17. The summed E-state index contributed by atoms with van der Waals surface area (Å²) < 4.78 is 11.5. The van der Waals surface area contributed by atoms with Crippen molar-refractivity contribution in [2.45, 2.75) is 37.6 Å². The second-order valence-electron chi connectivity index (χ2n) is 6.60. The second kappa shape index (κ2) is 6.38. The van der Waals surface area contributed by atoms with Gasteiger partial charge in [-0.2, -0.15) is 0 Å². The summed E-state index contributed by atoms with van der Waals surface area (Å²) in [6.07, 6.45) is 0.0382. The van der Waals surface area contributed by atoms with Crippen LogP contribution in [-0.4, -0.2) is 29.6 Å². The van der Waals surface area contributed by atoms with Crippen LogP contribution in [0.15, 0.2) is 60.7 Å². The van der Waals surface area contributed by atoms with Crippen LogP contribution in [0.5, 0.6) is 0 Å². The molecule has 1 unspecified atom stereocenters. The number of aliphatic carboxylic acids is 1. The van der Waals surface area contributed by atoms with Crippen molar-refractivity contribution in [2.24, 2.45) is 0 Å². The van der Waals surface area contributed by atoms with Crippen LogP contribution in [0.2, 0.25) is 0 Å². The first kappa shape index (κ1) is 16.7. The lowest BCUT2D eigenvalue weighted by molar-refractivity contribution is -0.150. The number of hydrogen-bond donors (Lipinski definition) is 1. The van der Waals surface area contributed by atoms with Gasteiger partial charge in [-0.05, 0) is 25.0 Å². The fourth-order valence-corrected chi connectivity index (χ4v) is 3.39. The minimum Gasteiger partial charge on any atom is -0.480 e. The van der Waals surface area contributed by atoms with Crippen LogP contribution in [0, 0.1) is 0 Å². The summed E-state index contributed by atoms with van der Waals surface area (Å²) in [6, 6.07) is 18.7. The molecular formula is C20H22O4. The molecule has 1 N–H and O–H groups in total. The number of rotatable bonds is 5. The first-order chi connectivity index (χ1) is 11.4. The standard InChI is InChI=1S/C20H22O4/c1-19(2)23-14-17(24-19)13-20(18(21)22,15-9-5-3-6-10-15)16-11-7-4-8-12-16/h3-12,17H,13-14H2,1-2H3,(H,21,22). The van der Waals surface area contributed by atoms with Crippen molar-refractivity contribution in [1.29, 1.82) is 0 Å². The predicted octanol–water partition coefficient (Wildman–Crippen LogP) is 3.60. The first-order valence-corrected chi connectivity index (χ1v) is 8.10. The molecular weight excluding hydrogens is 304 g/mol. The highest BCUT2D eigenvalue weighted by atomic mass is 16.7. The average molecular weight is 326 g/mol. The van der Waals surface area contributed by atoms with Gasteiger partial charge in [0.15, 0.2) is 5.79 Å². The van der Waals surface area contributed by atoms with Gasteiger partial charge in [-0.15, -0.1) is 0 Å². The molecule has 2 aromatic rings. The Morgan fingerprint density at radius 1 is 1.08 bits per heavy atom. The largest absolute Gasteiger partial charge is 0.480 e. The number of carbonyl (C=O) groups is 1. The smallest absolute Gasteiger partial charge is 0.318 e. The maximum atomic E-state index is 12.5. The zero-order valence-electron chi connectivity index (χ0n) is 13.9. The molecule has 2 aromatic carbocycles. The van der Waals surface area contributed by atoms with Crippen LogP contribution in [0.4, 0.5) is 0 Å². The SMILES string of the molecule is CC1(C)OCC(CC(C(=O)O)(c2ccccc2)c2ccccc2)O1. The lowest BCUT2D eigenvalue weighted by atomic mass is 9.71. The van der Waals surface area contributed by atoms with Crippen LogP contribution in [0.1, 0.15) is 31.4 Å². The first-order valence-electron chi connectivity index (χ1n) is 8.10. The van der Waals surface area contributed by atoms with E-state index in [1.165, 1.54) is 0 Å². The highest BCUT2D eigenvalue weighted by molar-refractivity contribution is 5.86. The molecule has 1 fully saturated rings. The topological polar surface area (TPSA) is 55.8 Å². The minimum atomic E-state index is -1.17. The highest BCUT2D eigenvalue weighted by Crippen LogP contribution is 2.40. The van der Waals surface area contributed by atoms with E-state index >= 15 is 0 Å². The van der Waals surface area contributed by atoms with Crippen molar-refractivity contribution in [3.8, 4) is 0 Å². The van der Waals surface area contributed by atoms with Crippen molar-refractivity contribution < 1.29 is 19.4 Å². The molecule has 0 aromatic heterocycles. The lowest BCUT2D eigenvalue weighted by Gasteiger charge is -2.33. The van der Waals surface area contributed by atoms with E-state index in [1.807, 2.05) is 74.5 Å². The molecule has 1 atom stereocenters. The second-order valence-corrected chi connectivity index (χ2v) is 6.60. The molecule has 126 valence electrons. The van der Waals surface area contributed by atoms with Gasteiger partial charge in [-0.25, -0.2) is 0 Å². The van der Waals surface area contributed by atoms with Gasteiger partial charge in [0.25, 0.3) is 0 Å². The molecule has 4 heteroatoms. The van der Waals surface area contributed by atoms with E-state index < -0.39 is 17.2 Å². The van der Waals surface area contributed by atoms with Gasteiger partial charge < -0.3 is 14.6 Å². The molecule has 0 amide bonds. The maximum absolute atomic E-state index is 12.5. The van der Waals surface area contributed by atoms with Gasteiger partial charge >= 0.3 is 5.97 Å². The van der Waals surface area contributed by atoms with Crippen molar-refractivity contribution >= 4 is 5.97 Å². The van der Waals surface area contributed by atoms with Crippen LogP contribution >= 0.6 is 0 Å².